The van der Waals surface area contributed by atoms with Crippen molar-refractivity contribution in [3.05, 3.63) is 42.1 Å². The summed E-state index contributed by atoms with van der Waals surface area (Å²) in [4.78, 5) is 8.35. The lowest BCUT2D eigenvalue weighted by atomic mass is 10.1. The van der Waals surface area contributed by atoms with Gasteiger partial charge in [0.05, 0.1) is 11.4 Å². The third kappa shape index (κ3) is 2.75. The molecule has 1 aliphatic rings. The lowest BCUT2D eigenvalue weighted by molar-refractivity contribution is 0.627. The van der Waals surface area contributed by atoms with Crippen LogP contribution in [0.4, 0.5) is 21.8 Å². The highest BCUT2D eigenvalue weighted by molar-refractivity contribution is 5.62. The molecule has 1 saturated carbocycles. The molecule has 122 valence electrons. The summed E-state index contributed by atoms with van der Waals surface area (Å²) in [5.74, 6) is 0.953. The number of halogens is 1. The third-order valence-electron chi connectivity index (χ3n) is 3.89. The van der Waals surface area contributed by atoms with Crippen LogP contribution in [0.2, 0.25) is 0 Å². The molecule has 0 bridgehead atoms. The summed E-state index contributed by atoms with van der Waals surface area (Å²) in [6.45, 7) is 0. The van der Waals surface area contributed by atoms with E-state index in [1.54, 1.807) is 36.1 Å². The molecule has 0 unspecified atom stereocenters. The molecule has 0 aliphatic heterocycles. The van der Waals surface area contributed by atoms with Gasteiger partial charge in [0.25, 0.3) is 0 Å². The third-order valence-corrected chi connectivity index (χ3v) is 3.89. The molecule has 3 aromatic rings. The maximum atomic E-state index is 14.5. The van der Waals surface area contributed by atoms with Crippen LogP contribution in [0.15, 0.2) is 30.7 Å². The quantitative estimate of drug-likeness (QED) is 0.742. The van der Waals surface area contributed by atoms with Gasteiger partial charge in [0.15, 0.2) is 0 Å². The number of anilines is 3. The molecule has 0 atom stereocenters. The lowest BCUT2D eigenvalue weighted by Gasteiger charge is -2.13. The van der Waals surface area contributed by atoms with Crippen LogP contribution in [-0.4, -0.2) is 37.2 Å². The van der Waals surface area contributed by atoms with Gasteiger partial charge in [-0.3, -0.25) is 0 Å². The average molecular weight is 326 g/mol. The van der Waals surface area contributed by atoms with Crippen molar-refractivity contribution in [2.75, 3.05) is 17.7 Å². The fourth-order valence-corrected chi connectivity index (χ4v) is 2.54. The molecule has 1 fully saturated rings. The molecule has 2 heterocycles. The highest BCUT2D eigenvalue weighted by Crippen LogP contribution is 2.44. The molecular formula is C15H15FN8. The summed E-state index contributed by atoms with van der Waals surface area (Å²) in [5, 5.41) is 17.1. The standard InChI is InChI=1S/C15H15FN8/c1-17-14-4-5-18-15(21-14)20-12-7-13(24-8-19-22-23-24)10(6-11(12)16)9-2-3-9/h4-9H,2-3H2,1H3,(H2,17,18,20,21). The molecule has 0 saturated heterocycles. The second-order valence-electron chi connectivity index (χ2n) is 5.56. The largest absolute Gasteiger partial charge is 0.373 e. The predicted octanol–water partition coefficient (Wildman–Crippen LogP) is 2.25. The minimum absolute atomic E-state index is 0.276. The van der Waals surface area contributed by atoms with Crippen LogP contribution < -0.4 is 10.6 Å². The first-order valence-electron chi connectivity index (χ1n) is 7.59. The summed E-state index contributed by atoms with van der Waals surface area (Å²) in [6.07, 6.45) is 5.20. The summed E-state index contributed by atoms with van der Waals surface area (Å²) >= 11 is 0. The van der Waals surface area contributed by atoms with Gasteiger partial charge in [-0.1, -0.05) is 0 Å². The molecular weight excluding hydrogens is 311 g/mol. The first-order valence-corrected chi connectivity index (χ1v) is 7.59. The molecule has 0 radical (unpaired) electrons. The van der Waals surface area contributed by atoms with E-state index in [0.29, 0.717) is 17.7 Å². The van der Waals surface area contributed by atoms with E-state index >= 15 is 0 Å². The smallest absolute Gasteiger partial charge is 0.229 e. The highest BCUT2D eigenvalue weighted by Gasteiger charge is 2.28. The van der Waals surface area contributed by atoms with Gasteiger partial charge >= 0.3 is 0 Å². The minimum atomic E-state index is -0.354. The summed E-state index contributed by atoms with van der Waals surface area (Å²) in [6, 6.07) is 4.96. The van der Waals surface area contributed by atoms with Gasteiger partial charge in [0.1, 0.15) is 18.0 Å². The van der Waals surface area contributed by atoms with Crippen LogP contribution in [0.1, 0.15) is 24.3 Å². The molecule has 0 amide bonds. The second-order valence-corrected chi connectivity index (χ2v) is 5.56. The number of hydrogen-bond donors (Lipinski definition) is 2. The normalized spacial score (nSPS) is 13.8. The number of rotatable bonds is 5. The number of nitrogens with one attached hydrogen (secondary N) is 2. The maximum Gasteiger partial charge on any atom is 0.229 e. The van der Waals surface area contributed by atoms with Crippen molar-refractivity contribution in [2.45, 2.75) is 18.8 Å². The maximum absolute atomic E-state index is 14.5. The van der Waals surface area contributed by atoms with Gasteiger partial charge in [-0.15, -0.1) is 5.10 Å². The zero-order valence-corrected chi connectivity index (χ0v) is 12.9. The van der Waals surface area contributed by atoms with E-state index in [2.05, 4.69) is 36.1 Å². The molecule has 0 spiro atoms. The zero-order chi connectivity index (χ0) is 16.5. The van der Waals surface area contributed by atoms with Crippen molar-refractivity contribution in [1.82, 2.24) is 30.2 Å². The second kappa shape index (κ2) is 5.84. The Kier molecular flexibility index (Phi) is 3.52. The Morgan fingerprint density at radius 1 is 1.29 bits per heavy atom. The fourth-order valence-electron chi connectivity index (χ4n) is 2.54. The SMILES string of the molecule is CNc1ccnc(Nc2cc(-n3cnnn3)c(C3CC3)cc2F)n1. The Labute approximate surface area is 137 Å². The topological polar surface area (TPSA) is 93.4 Å². The van der Waals surface area contributed by atoms with E-state index < -0.39 is 0 Å². The van der Waals surface area contributed by atoms with Crippen molar-refractivity contribution in [3.8, 4) is 5.69 Å². The number of tetrazole rings is 1. The van der Waals surface area contributed by atoms with Gasteiger partial charge in [0.2, 0.25) is 5.95 Å². The Hall–Kier alpha value is -3.10. The Balaban J connectivity index is 1.74. The van der Waals surface area contributed by atoms with Crippen LogP contribution in [0.3, 0.4) is 0 Å². The van der Waals surface area contributed by atoms with Gasteiger partial charge in [-0.2, -0.15) is 4.98 Å². The molecule has 24 heavy (non-hydrogen) atoms. The Bertz CT molecular complexity index is 860. The van der Waals surface area contributed by atoms with Crippen LogP contribution in [0.5, 0.6) is 0 Å². The van der Waals surface area contributed by atoms with Crippen LogP contribution in [-0.2, 0) is 0 Å². The fraction of sp³-hybridized carbons (Fsp3) is 0.267. The average Bonchev–Trinajstić information content (AvgIpc) is 3.31. The first-order chi connectivity index (χ1) is 11.7. The van der Waals surface area contributed by atoms with Crippen molar-refractivity contribution in [3.63, 3.8) is 0 Å². The van der Waals surface area contributed by atoms with Gasteiger partial charge in [-0.05, 0) is 52.9 Å². The molecule has 8 nitrogen and oxygen atoms in total. The summed E-state index contributed by atoms with van der Waals surface area (Å²) < 4.78 is 16.1. The van der Waals surface area contributed by atoms with Crippen LogP contribution in [0, 0.1) is 5.82 Å². The number of nitrogens with zero attached hydrogens (tertiary/aromatic N) is 6. The van der Waals surface area contributed by atoms with E-state index in [1.165, 1.54) is 6.33 Å². The zero-order valence-electron chi connectivity index (χ0n) is 12.9. The van der Waals surface area contributed by atoms with Crippen LogP contribution in [0.25, 0.3) is 5.69 Å². The van der Waals surface area contributed by atoms with Crippen molar-refractivity contribution >= 4 is 17.5 Å². The van der Waals surface area contributed by atoms with Gasteiger partial charge < -0.3 is 10.6 Å². The minimum Gasteiger partial charge on any atom is -0.373 e. The van der Waals surface area contributed by atoms with Gasteiger partial charge in [-0.25, -0.2) is 14.1 Å². The first kappa shape index (κ1) is 14.5. The van der Waals surface area contributed by atoms with E-state index in [0.717, 1.165) is 24.1 Å². The molecule has 1 aliphatic carbocycles. The summed E-state index contributed by atoms with van der Waals surface area (Å²) in [7, 11) is 1.76. The summed E-state index contributed by atoms with van der Waals surface area (Å²) in [5.41, 5.74) is 1.95. The number of benzene rings is 1. The van der Waals surface area contributed by atoms with E-state index in [9.17, 15) is 4.39 Å². The molecule has 1 aromatic carbocycles. The van der Waals surface area contributed by atoms with Crippen molar-refractivity contribution < 1.29 is 4.39 Å². The number of hydrogen-bond acceptors (Lipinski definition) is 7. The monoisotopic (exact) mass is 326 g/mol. The van der Waals surface area contributed by atoms with Gasteiger partial charge in [0, 0.05) is 13.2 Å². The van der Waals surface area contributed by atoms with Crippen molar-refractivity contribution in [2.24, 2.45) is 0 Å². The molecule has 4 rings (SSSR count). The molecule has 2 N–H and O–H groups in total. The number of aromatic nitrogens is 6. The lowest BCUT2D eigenvalue weighted by Crippen LogP contribution is -2.06. The highest BCUT2D eigenvalue weighted by atomic mass is 19.1. The Morgan fingerprint density at radius 3 is 2.88 bits per heavy atom. The van der Waals surface area contributed by atoms with E-state index in [-0.39, 0.29) is 11.5 Å². The Morgan fingerprint density at radius 2 is 2.17 bits per heavy atom. The predicted molar refractivity (Wildman–Crippen MR) is 85.9 cm³/mol. The van der Waals surface area contributed by atoms with E-state index in [4.69, 9.17) is 0 Å². The van der Waals surface area contributed by atoms with E-state index in [1.807, 2.05) is 0 Å². The van der Waals surface area contributed by atoms with Crippen LogP contribution >= 0.6 is 0 Å². The molecule has 2 aromatic heterocycles. The van der Waals surface area contributed by atoms with Crippen molar-refractivity contribution in [1.29, 1.82) is 0 Å². The molecule has 9 heteroatoms.